The van der Waals surface area contributed by atoms with Gasteiger partial charge >= 0.3 is 0 Å². The fraction of sp³-hybridized carbons (Fsp3) is 0.286. The number of likely N-dealkylation sites (tertiary alicyclic amines) is 1. The van der Waals surface area contributed by atoms with Crippen LogP contribution in [0.3, 0.4) is 0 Å². The molecule has 4 nitrogen and oxygen atoms in total. The lowest BCUT2D eigenvalue weighted by molar-refractivity contribution is 0.203. The van der Waals surface area contributed by atoms with Gasteiger partial charge in [-0.1, -0.05) is 71.7 Å². The third-order valence-electron chi connectivity index (χ3n) is 6.92. The molecule has 2 aliphatic rings. The Hall–Kier alpha value is -2.15. The highest BCUT2D eigenvalue weighted by Crippen LogP contribution is 2.40. The lowest BCUT2D eigenvalue weighted by Gasteiger charge is -2.42. The van der Waals surface area contributed by atoms with E-state index in [9.17, 15) is 8.42 Å². The quantitative estimate of drug-likeness (QED) is 0.432. The van der Waals surface area contributed by atoms with Gasteiger partial charge in [0.25, 0.3) is 0 Å². The van der Waals surface area contributed by atoms with Crippen LogP contribution < -0.4 is 5.32 Å². The summed E-state index contributed by atoms with van der Waals surface area (Å²) in [4.78, 5) is 2.79. The highest BCUT2D eigenvalue weighted by molar-refractivity contribution is 8.00. The van der Waals surface area contributed by atoms with Crippen molar-refractivity contribution in [3.63, 3.8) is 0 Å². The first-order valence-electron chi connectivity index (χ1n) is 11.8. The van der Waals surface area contributed by atoms with Crippen molar-refractivity contribution in [1.82, 2.24) is 10.2 Å². The van der Waals surface area contributed by atoms with Gasteiger partial charge in [-0.3, -0.25) is 4.90 Å². The van der Waals surface area contributed by atoms with Gasteiger partial charge in [0, 0.05) is 35.9 Å². The maximum atomic E-state index is 13.1. The van der Waals surface area contributed by atoms with Gasteiger partial charge in [0.05, 0.1) is 10.9 Å². The Bertz CT molecular complexity index is 1290. The summed E-state index contributed by atoms with van der Waals surface area (Å²) in [6.45, 7) is 3.00. The normalized spacial score (nSPS) is 18.6. The minimum absolute atomic E-state index is 0.0247. The van der Waals surface area contributed by atoms with Crippen LogP contribution in [0, 0.1) is 0 Å². The maximum absolute atomic E-state index is 13.1. The molecule has 5 rings (SSSR count). The number of hydrogen-bond acceptors (Lipinski definition) is 4. The van der Waals surface area contributed by atoms with Crippen LogP contribution in [-0.4, -0.2) is 45.8 Å². The van der Waals surface area contributed by atoms with E-state index in [4.69, 9.17) is 23.2 Å². The molecule has 0 aromatic heterocycles. The zero-order valence-corrected chi connectivity index (χ0v) is 21.9. The number of nitrogens with zero attached hydrogens (tertiary/aromatic N) is 1. The molecule has 0 radical (unpaired) electrons. The zero-order chi connectivity index (χ0) is 24.6. The highest BCUT2D eigenvalue weighted by atomic mass is 35.5. The first-order chi connectivity index (χ1) is 16.8. The second-order valence-corrected chi connectivity index (χ2v) is 12.2. The molecule has 1 N–H and O–H groups in total. The monoisotopic (exact) mass is 526 g/mol. The van der Waals surface area contributed by atoms with Crippen molar-refractivity contribution in [2.24, 2.45) is 0 Å². The molecule has 0 aliphatic carbocycles. The molecule has 2 fully saturated rings. The molecular formula is C28H28Cl2N2O2S. The lowest BCUT2D eigenvalue weighted by atomic mass is 9.89. The lowest BCUT2D eigenvalue weighted by Crippen LogP contribution is -2.44. The van der Waals surface area contributed by atoms with Crippen LogP contribution in [-0.2, 0) is 9.84 Å². The molecule has 0 spiro atoms. The number of sulfone groups is 1. The molecule has 0 amide bonds. The molecule has 7 heteroatoms. The Balaban J connectivity index is 1.53. The minimum atomic E-state index is -3.42. The number of benzene rings is 3. The van der Waals surface area contributed by atoms with E-state index in [0.717, 1.165) is 47.3 Å². The Morgan fingerprint density at radius 2 is 1.49 bits per heavy atom. The van der Waals surface area contributed by atoms with E-state index in [2.05, 4.69) is 16.3 Å². The fourth-order valence-corrected chi connectivity index (χ4v) is 6.80. The summed E-state index contributed by atoms with van der Waals surface area (Å²) in [6, 6.07) is 23.7. The van der Waals surface area contributed by atoms with E-state index in [1.807, 2.05) is 66.7 Å². The number of nitrogens with one attached hydrogen (secondary N) is 1. The molecule has 0 saturated carbocycles. The second kappa shape index (κ2) is 10.1. The molecule has 2 aliphatic heterocycles. The van der Waals surface area contributed by atoms with Crippen molar-refractivity contribution >= 4 is 37.9 Å². The van der Waals surface area contributed by atoms with Gasteiger partial charge in [0.1, 0.15) is 0 Å². The third-order valence-corrected chi connectivity index (χ3v) is 8.68. The van der Waals surface area contributed by atoms with Crippen LogP contribution in [0.15, 0.2) is 78.4 Å². The molecule has 2 saturated heterocycles. The molecule has 1 atom stereocenters. The van der Waals surface area contributed by atoms with Crippen LogP contribution in [0.1, 0.15) is 40.6 Å². The van der Waals surface area contributed by atoms with Gasteiger partial charge in [-0.25, -0.2) is 8.42 Å². The van der Waals surface area contributed by atoms with E-state index in [0.29, 0.717) is 34.0 Å². The molecule has 3 aromatic rings. The molecule has 0 bridgehead atoms. The van der Waals surface area contributed by atoms with E-state index in [-0.39, 0.29) is 6.04 Å². The van der Waals surface area contributed by atoms with Crippen LogP contribution in [0.4, 0.5) is 0 Å². The summed E-state index contributed by atoms with van der Waals surface area (Å²) in [5.74, 6) is 0.329. The molecular weight excluding hydrogens is 499 g/mol. The Labute approximate surface area is 217 Å². The van der Waals surface area contributed by atoms with Gasteiger partial charge in [0.2, 0.25) is 0 Å². The van der Waals surface area contributed by atoms with Crippen molar-refractivity contribution in [2.45, 2.75) is 18.4 Å². The van der Waals surface area contributed by atoms with E-state index in [1.54, 1.807) is 0 Å². The summed E-state index contributed by atoms with van der Waals surface area (Å²) >= 11 is 12.3. The molecule has 3 aromatic carbocycles. The second-order valence-electron chi connectivity index (χ2n) is 9.39. The van der Waals surface area contributed by atoms with Gasteiger partial charge in [-0.15, -0.1) is 0 Å². The highest BCUT2D eigenvalue weighted by Gasteiger charge is 2.35. The van der Waals surface area contributed by atoms with Crippen molar-refractivity contribution < 1.29 is 8.42 Å². The summed E-state index contributed by atoms with van der Waals surface area (Å²) in [5.41, 5.74) is 5.14. The Kier molecular flexibility index (Phi) is 7.06. The SMILES string of the molecule is CS(=O)(=O)C(=C1CN(C(c2ccc(Cl)cc2)c2ccc(Cl)cc2)C1)c1ccccc1C1CCNC1. The van der Waals surface area contributed by atoms with Gasteiger partial charge < -0.3 is 5.32 Å². The Morgan fingerprint density at radius 3 is 2.00 bits per heavy atom. The van der Waals surface area contributed by atoms with Gasteiger partial charge in [-0.2, -0.15) is 0 Å². The first kappa shape index (κ1) is 24.5. The van der Waals surface area contributed by atoms with Crippen LogP contribution in [0.2, 0.25) is 10.0 Å². The molecule has 1 unspecified atom stereocenters. The number of halogens is 2. The predicted molar refractivity (Wildman–Crippen MR) is 145 cm³/mol. The standard InChI is InChI=1S/C28H28Cl2N2O2S/c1-35(33,34)28(26-5-3-2-4-25(26)21-14-15-31-16-21)22-17-32(18-22)27(19-6-10-23(29)11-7-19)20-8-12-24(30)13-9-20/h2-13,21,27,31H,14-18H2,1H3. The van der Waals surface area contributed by atoms with Crippen LogP contribution >= 0.6 is 23.2 Å². The maximum Gasteiger partial charge on any atom is 0.176 e. The Morgan fingerprint density at radius 1 is 0.914 bits per heavy atom. The molecule has 182 valence electrons. The van der Waals surface area contributed by atoms with Gasteiger partial charge in [-0.05, 0) is 71.0 Å². The summed E-state index contributed by atoms with van der Waals surface area (Å²) in [5, 5.41) is 4.78. The van der Waals surface area contributed by atoms with Gasteiger partial charge in [0.15, 0.2) is 9.84 Å². The zero-order valence-electron chi connectivity index (χ0n) is 19.5. The van der Waals surface area contributed by atoms with Crippen LogP contribution in [0.25, 0.3) is 4.91 Å². The number of hydrogen-bond donors (Lipinski definition) is 1. The average Bonchev–Trinajstić information content (AvgIpc) is 3.34. The minimum Gasteiger partial charge on any atom is -0.316 e. The largest absolute Gasteiger partial charge is 0.316 e. The summed E-state index contributed by atoms with van der Waals surface area (Å²) in [7, 11) is -3.42. The first-order valence-corrected chi connectivity index (χ1v) is 14.4. The van der Waals surface area contributed by atoms with Crippen molar-refractivity contribution in [1.29, 1.82) is 0 Å². The van der Waals surface area contributed by atoms with E-state index < -0.39 is 9.84 Å². The molecule has 35 heavy (non-hydrogen) atoms. The van der Waals surface area contributed by atoms with Crippen LogP contribution in [0.5, 0.6) is 0 Å². The van der Waals surface area contributed by atoms with Crippen molar-refractivity contribution in [3.8, 4) is 0 Å². The average molecular weight is 528 g/mol. The summed E-state index contributed by atoms with van der Waals surface area (Å²) in [6.07, 6.45) is 2.35. The van der Waals surface area contributed by atoms with E-state index in [1.165, 1.54) is 6.26 Å². The molecule has 2 heterocycles. The summed E-state index contributed by atoms with van der Waals surface area (Å²) < 4.78 is 26.2. The van der Waals surface area contributed by atoms with E-state index >= 15 is 0 Å². The fourth-order valence-electron chi connectivity index (χ4n) is 5.31. The predicted octanol–water partition coefficient (Wildman–Crippen LogP) is 5.93. The number of rotatable bonds is 6. The topological polar surface area (TPSA) is 49.4 Å². The third kappa shape index (κ3) is 5.20. The smallest absolute Gasteiger partial charge is 0.176 e. The van der Waals surface area contributed by atoms with Crippen molar-refractivity contribution in [2.75, 3.05) is 32.4 Å². The van der Waals surface area contributed by atoms with Crippen molar-refractivity contribution in [3.05, 3.63) is 111 Å².